The Labute approximate surface area is 128 Å². The summed E-state index contributed by atoms with van der Waals surface area (Å²) in [6.07, 6.45) is 0. The highest BCUT2D eigenvalue weighted by atomic mass is 79.9. The summed E-state index contributed by atoms with van der Waals surface area (Å²) >= 11 is 3.34. The lowest BCUT2D eigenvalue weighted by molar-refractivity contribution is 0.612. The molecule has 0 amide bonds. The van der Waals surface area contributed by atoms with Crippen LogP contribution in [0.2, 0.25) is 0 Å². The fourth-order valence-corrected chi connectivity index (χ4v) is 2.34. The molecule has 1 heterocycles. The highest BCUT2D eigenvalue weighted by Crippen LogP contribution is 2.20. The Morgan fingerprint density at radius 2 is 2.10 bits per heavy atom. The van der Waals surface area contributed by atoms with Gasteiger partial charge in [0, 0.05) is 27.8 Å². The van der Waals surface area contributed by atoms with Crippen molar-refractivity contribution in [1.82, 2.24) is 20.6 Å². The smallest absolute Gasteiger partial charge is 0.204 e. The van der Waals surface area contributed by atoms with E-state index in [-0.39, 0.29) is 5.82 Å². The lowest BCUT2D eigenvalue weighted by Gasteiger charge is -2.08. The molecule has 0 aliphatic carbocycles. The molecule has 106 valence electrons. The van der Waals surface area contributed by atoms with Gasteiger partial charge in [0.05, 0.1) is 0 Å². The van der Waals surface area contributed by atoms with E-state index >= 15 is 0 Å². The van der Waals surface area contributed by atoms with Crippen LogP contribution in [-0.2, 0) is 6.54 Å². The normalized spacial score (nSPS) is 10.6. The van der Waals surface area contributed by atoms with E-state index in [1.807, 2.05) is 24.3 Å². The molecule has 0 saturated heterocycles. The molecule has 3 aromatic rings. The number of tetrazole rings is 1. The summed E-state index contributed by atoms with van der Waals surface area (Å²) in [4.78, 5) is 0. The highest BCUT2D eigenvalue weighted by Gasteiger charge is 2.05. The van der Waals surface area contributed by atoms with Gasteiger partial charge in [0.25, 0.3) is 0 Å². The number of aromatic nitrogens is 4. The number of hydrogen-bond acceptors (Lipinski definition) is 4. The minimum atomic E-state index is -0.236. The van der Waals surface area contributed by atoms with E-state index in [1.54, 1.807) is 12.1 Å². The van der Waals surface area contributed by atoms with Crippen molar-refractivity contribution in [2.75, 3.05) is 5.32 Å². The molecule has 0 radical (unpaired) electrons. The molecule has 0 unspecified atom stereocenters. The van der Waals surface area contributed by atoms with Crippen molar-refractivity contribution in [3.05, 3.63) is 58.3 Å². The van der Waals surface area contributed by atoms with Crippen LogP contribution in [0, 0.1) is 5.82 Å². The summed E-state index contributed by atoms with van der Waals surface area (Å²) in [6, 6.07) is 12.4. The van der Waals surface area contributed by atoms with E-state index in [9.17, 15) is 4.39 Å². The Kier molecular flexibility index (Phi) is 3.92. The van der Waals surface area contributed by atoms with Gasteiger partial charge >= 0.3 is 0 Å². The van der Waals surface area contributed by atoms with Gasteiger partial charge in [-0.05, 0) is 35.5 Å². The van der Waals surface area contributed by atoms with Crippen molar-refractivity contribution in [1.29, 1.82) is 0 Å². The second kappa shape index (κ2) is 6.01. The second-order valence-corrected chi connectivity index (χ2v) is 5.32. The molecule has 7 heteroatoms. The number of nitrogens with zero attached hydrogens (tertiary/aromatic N) is 3. The zero-order valence-electron chi connectivity index (χ0n) is 10.8. The van der Waals surface area contributed by atoms with E-state index in [0.29, 0.717) is 17.9 Å². The predicted molar refractivity (Wildman–Crippen MR) is 81.0 cm³/mol. The Bertz CT molecular complexity index is 745. The third kappa shape index (κ3) is 3.25. The van der Waals surface area contributed by atoms with Gasteiger partial charge in [-0.2, -0.15) is 5.21 Å². The minimum Gasteiger partial charge on any atom is -0.381 e. The lowest BCUT2D eigenvalue weighted by Crippen LogP contribution is -2.02. The summed E-state index contributed by atoms with van der Waals surface area (Å²) in [7, 11) is 0. The number of H-pyrrole nitrogens is 1. The largest absolute Gasteiger partial charge is 0.381 e. The predicted octanol–water partition coefficient (Wildman–Crippen LogP) is 3.38. The van der Waals surface area contributed by atoms with Gasteiger partial charge in [-0.1, -0.05) is 28.1 Å². The summed E-state index contributed by atoms with van der Waals surface area (Å²) in [5.41, 5.74) is 2.29. The number of hydrogen-bond donors (Lipinski definition) is 2. The van der Waals surface area contributed by atoms with Crippen LogP contribution in [0.3, 0.4) is 0 Å². The van der Waals surface area contributed by atoms with Gasteiger partial charge < -0.3 is 5.32 Å². The first kappa shape index (κ1) is 13.7. The number of nitrogens with one attached hydrogen (secondary N) is 2. The fourth-order valence-electron chi connectivity index (χ4n) is 1.93. The van der Waals surface area contributed by atoms with Gasteiger partial charge in [-0.15, -0.1) is 10.2 Å². The Morgan fingerprint density at radius 1 is 1.19 bits per heavy atom. The van der Waals surface area contributed by atoms with Crippen molar-refractivity contribution in [3.8, 4) is 11.4 Å². The Morgan fingerprint density at radius 3 is 2.90 bits per heavy atom. The van der Waals surface area contributed by atoms with Crippen molar-refractivity contribution in [2.45, 2.75) is 6.54 Å². The van der Waals surface area contributed by atoms with Crippen LogP contribution in [0.1, 0.15) is 5.56 Å². The fraction of sp³-hybridized carbons (Fsp3) is 0.0714. The molecule has 0 bridgehead atoms. The number of benzene rings is 2. The molecule has 0 fully saturated rings. The van der Waals surface area contributed by atoms with E-state index < -0.39 is 0 Å². The Balaban J connectivity index is 1.76. The quantitative estimate of drug-likeness (QED) is 0.759. The van der Waals surface area contributed by atoms with Crippen LogP contribution < -0.4 is 5.32 Å². The van der Waals surface area contributed by atoms with Crippen molar-refractivity contribution in [2.24, 2.45) is 0 Å². The molecule has 0 saturated carbocycles. The maximum atomic E-state index is 13.7. The maximum absolute atomic E-state index is 13.7. The van der Waals surface area contributed by atoms with Gasteiger partial charge in [-0.3, -0.25) is 0 Å². The van der Waals surface area contributed by atoms with Crippen LogP contribution in [0.5, 0.6) is 0 Å². The number of aromatic amines is 1. The van der Waals surface area contributed by atoms with E-state index in [4.69, 9.17) is 0 Å². The molecule has 1 aromatic heterocycles. The van der Waals surface area contributed by atoms with Crippen LogP contribution in [0.4, 0.5) is 10.1 Å². The second-order valence-electron chi connectivity index (χ2n) is 4.41. The average Bonchev–Trinajstić information content (AvgIpc) is 3.03. The van der Waals surface area contributed by atoms with E-state index in [0.717, 1.165) is 15.7 Å². The standard InChI is InChI=1S/C14H11BrFN5/c15-11-4-5-13(16)10(6-11)8-17-12-3-1-2-9(7-12)14-18-20-21-19-14/h1-7,17H,8H2,(H,18,19,20,21). The molecule has 2 aromatic carbocycles. The maximum Gasteiger partial charge on any atom is 0.204 e. The monoisotopic (exact) mass is 347 g/mol. The third-order valence-electron chi connectivity index (χ3n) is 2.96. The van der Waals surface area contributed by atoms with Gasteiger partial charge in [-0.25, -0.2) is 4.39 Å². The van der Waals surface area contributed by atoms with Crippen LogP contribution in [-0.4, -0.2) is 20.6 Å². The molecular weight excluding hydrogens is 337 g/mol. The number of anilines is 1. The molecule has 5 nitrogen and oxygen atoms in total. The first-order valence-corrected chi connectivity index (χ1v) is 7.03. The van der Waals surface area contributed by atoms with E-state index in [1.165, 1.54) is 6.07 Å². The van der Waals surface area contributed by atoms with Gasteiger partial charge in [0.2, 0.25) is 5.82 Å². The summed E-state index contributed by atoms with van der Waals surface area (Å²) in [5, 5.41) is 17.0. The van der Waals surface area contributed by atoms with Crippen LogP contribution in [0.15, 0.2) is 46.9 Å². The molecule has 0 spiro atoms. The molecule has 0 aliphatic rings. The summed E-state index contributed by atoms with van der Waals surface area (Å²) in [5.74, 6) is 0.285. The highest BCUT2D eigenvalue weighted by molar-refractivity contribution is 9.10. The molecule has 0 atom stereocenters. The van der Waals surface area contributed by atoms with Gasteiger partial charge in [0.15, 0.2) is 0 Å². The number of halogens is 2. The third-order valence-corrected chi connectivity index (χ3v) is 3.45. The molecular formula is C14H11BrFN5. The first-order valence-electron chi connectivity index (χ1n) is 6.24. The summed E-state index contributed by atoms with van der Waals surface area (Å²) in [6.45, 7) is 0.390. The molecule has 2 N–H and O–H groups in total. The minimum absolute atomic E-state index is 0.236. The van der Waals surface area contributed by atoms with Crippen molar-refractivity contribution >= 4 is 21.6 Å². The zero-order valence-corrected chi connectivity index (χ0v) is 12.4. The first-order chi connectivity index (χ1) is 10.2. The molecule has 0 aliphatic heterocycles. The van der Waals surface area contributed by atoms with Crippen LogP contribution >= 0.6 is 15.9 Å². The topological polar surface area (TPSA) is 66.5 Å². The average molecular weight is 348 g/mol. The van der Waals surface area contributed by atoms with Crippen LogP contribution in [0.25, 0.3) is 11.4 Å². The van der Waals surface area contributed by atoms with Crippen molar-refractivity contribution < 1.29 is 4.39 Å². The van der Waals surface area contributed by atoms with E-state index in [2.05, 4.69) is 41.9 Å². The van der Waals surface area contributed by atoms with Gasteiger partial charge in [0.1, 0.15) is 5.82 Å². The zero-order chi connectivity index (χ0) is 14.7. The lowest BCUT2D eigenvalue weighted by atomic mass is 10.1. The molecule has 21 heavy (non-hydrogen) atoms. The SMILES string of the molecule is Fc1ccc(Br)cc1CNc1cccc(-c2nn[nH]n2)c1. The Hall–Kier alpha value is -2.28. The molecule has 3 rings (SSSR count). The number of rotatable bonds is 4. The summed E-state index contributed by atoms with van der Waals surface area (Å²) < 4.78 is 14.5. The van der Waals surface area contributed by atoms with Crippen molar-refractivity contribution in [3.63, 3.8) is 0 Å².